The van der Waals surface area contributed by atoms with Gasteiger partial charge in [0.2, 0.25) is 11.6 Å². The number of carbonyl (C=O) groups is 1. The first-order chi connectivity index (χ1) is 21.9. The summed E-state index contributed by atoms with van der Waals surface area (Å²) in [5.41, 5.74) is 3.11. The Labute approximate surface area is 261 Å². The van der Waals surface area contributed by atoms with Crippen LogP contribution >= 0.6 is 0 Å². The van der Waals surface area contributed by atoms with Crippen molar-refractivity contribution < 1.29 is 24.6 Å². The standard InChI is InChI=1S/C32H40N8O5/c1-3-33-30(43)27-25(41)26(42)31(44-27)45-40-19-35-24-28(37-32(38-29(24)40)36-22-15-16-39(4-2)18-22)34-17-23(20-11-7-5-8-12-20)21-13-9-6-10-14-21/h5-14,19,22-23,25-27,31,41-42H,3-4,15-18H2,1-2H3,(H,33,43)(H2,34,36,37,38)/t22?,25-,26+,27-,31-/m0/s1. The van der Waals surface area contributed by atoms with E-state index in [2.05, 4.69) is 57.0 Å². The smallest absolute Gasteiger partial charge is 0.254 e. The molecule has 2 aliphatic heterocycles. The molecule has 0 bridgehead atoms. The van der Waals surface area contributed by atoms with E-state index in [1.54, 1.807) is 6.92 Å². The number of aromatic nitrogens is 4. The molecule has 4 heterocycles. The van der Waals surface area contributed by atoms with Gasteiger partial charge in [0.15, 0.2) is 17.4 Å². The highest BCUT2D eigenvalue weighted by Crippen LogP contribution is 2.28. The minimum absolute atomic E-state index is 0.0369. The molecule has 5 atom stereocenters. The highest BCUT2D eigenvalue weighted by atomic mass is 16.8. The van der Waals surface area contributed by atoms with Crippen LogP contribution in [0, 0.1) is 0 Å². The summed E-state index contributed by atoms with van der Waals surface area (Å²) in [5.74, 6) is 0.424. The summed E-state index contributed by atoms with van der Waals surface area (Å²) in [5, 5.41) is 30.7. The Bertz CT molecular complexity index is 1530. The molecule has 13 nitrogen and oxygen atoms in total. The fraction of sp³-hybridized carbons (Fsp3) is 0.438. The van der Waals surface area contributed by atoms with Crippen molar-refractivity contribution in [1.82, 2.24) is 29.9 Å². The number of aliphatic hydroxyl groups excluding tert-OH is 2. The number of likely N-dealkylation sites (tertiary alicyclic amines) is 1. The van der Waals surface area contributed by atoms with Crippen LogP contribution in [0.15, 0.2) is 67.0 Å². The van der Waals surface area contributed by atoms with Crippen LogP contribution < -0.4 is 20.8 Å². The Morgan fingerprint density at radius 3 is 2.40 bits per heavy atom. The maximum absolute atomic E-state index is 12.4. The van der Waals surface area contributed by atoms with Crippen molar-refractivity contribution >= 4 is 28.8 Å². The van der Waals surface area contributed by atoms with Crippen LogP contribution in [0.1, 0.15) is 37.3 Å². The fourth-order valence-corrected chi connectivity index (χ4v) is 5.90. The number of ether oxygens (including phenoxy) is 1. The van der Waals surface area contributed by atoms with E-state index in [1.807, 2.05) is 36.4 Å². The van der Waals surface area contributed by atoms with Crippen molar-refractivity contribution in [2.24, 2.45) is 0 Å². The lowest BCUT2D eigenvalue weighted by molar-refractivity contribution is -0.171. The number of likely N-dealkylation sites (N-methyl/N-ethyl adjacent to an activating group) is 2. The molecule has 2 fully saturated rings. The molecule has 0 saturated carbocycles. The Kier molecular flexibility index (Phi) is 9.40. The zero-order valence-corrected chi connectivity index (χ0v) is 25.4. The molecular formula is C32H40N8O5. The van der Waals surface area contributed by atoms with Gasteiger partial charge < -0.3 is 40.6 Å². The zero-order chi connectivity index (χ0) is 31.3. The lowest BCUT2D eigenvalue weighted by Gasteiger charge is -2.20. The van der Waals surface area contributed by atoms with Crippen LogP contribution in [0.4, 0.5) is 11.8 Å². The predicted molar refractivity (Wildman–Crippen MR) is 169 cm³/mol. The van der Waals surface area contributed by atoms with Gasteiger partial charge in [0.1, 0.15) is 18.5 Å². The van der Waals surface area contributed by atoms with Gasteiger partial charge in [0.25, 0.3) is 12.2 Å². The molecule has 0 spiro atoms. The Morgan fingerprint density at radius 1 is 1.04 bits per heavy atom. The highest BCUT2D eigenvalue weighted by Gasteiger charge is 2.48. The number of nitrogens with one attached hydrogen (secondary N) is 3. The van der Waals surface area contributed by atoms with Crippen molar-refractivity contribution in [2.75, 3.05) is 43.4 Å². The molecule has 4 aromatic rings. The molecule has 45 heavy (non-hydrogen) atoms. The predicted octanol–water partition coefficient (Wildman–Crippen LogP) is 1.59. The normalized spacial score (nSPS) is 23.4. The zero-order valence-electron chi connectivity index (χ0n) is 25.4. The molecule has 0 radical (unpaired) electrons. The van der Waals surface area contributed by atoms with Gasteiger partial charge >= 0.3 is 0 Å². The third kappa shape index (κ3) is 6.71. The van der Waals surface area contributed by atoms with Crippen molar-refractivity contribution in [2.45, 2.75) is 56.8 Å². The number of aliphatic hydroxyl groups is 2. The number of fused-ring (bicyclic) bond motifs is 1. The second kappa shape index (κ2) is 13.8. The van der Waals surface area contributed by atoms with Crippen LogP contribution in [-0.4, -0.2) is 104 Å². The Morgan fingerprint density at radius 2 is 1.76 bits per heavy atom. The third-order valence-electron chi connectivity index (χ3n) is 8.34. The molecule has 2 aromatic carbocycles. The van der Waals surface area contributed by atoms with E-state index in [4.69, 9.17) is 19.5 Å². The molecule has 2 saturated heterocycles. The molecule has 0 aliphatic carbocycles. The van der Waals surface area contributed by atoms with E-state index in [0.29, 0.717) is 36.0 Å². The van der Waals surface area contributed by atoms with Gasteiger partial charge in [-0.15, -0.1) is 4.73 Å². The molecule has 1 unspecified atom stereocenters. The average Bonchev–Trinajstić information content (AvgIpc) is 3.77. The first-order valence-electron chi connectivity index (χ1n) is 15.5. The molecule has 5 N–H and O–H groups in total. The van der Waals surface area contributed by atoms with E-state index < -0.39 is 30.5 Å². The maximum Gasteiger partial charge on any atom is 0.254 e. The second-order valence-electron chi connectivity index (χ2n) is 11.3. The Balaban J connectivity index is 1.30. The number of nitrogens with zero attached hydrogens (tertiary/aromatic N) is 5. The summed E-state index contributed by atoms with van der Waals surface area (Å²) in [7, 11) is 0. The SMILES string of the molecule is CCNC(=O)[C@H]1O[C@@H](On2cnc3c(NCC(c4ccccc4)c4ccccc4)nc(NC4CCN(CC)C4)nc32)[C@H](O)[C@@H]1O. The van der Waals surface area contributed by atoms with E-state index in [9.17, 15) is 15.0 Å². The lowest BCUT2D eigenvalue weighted by atomic mass is 9.91. The van der Waals surface area contributed by atoms with Crippen LogP contribution in [-0.2, 0) is 9.53 Å². The number of hydrogen-bond donors (Lipinski definition) is 5. The van der Waals surface area contributed by atoms with E-state index >= 15 is 0 Å². The number of benzene rings is 2. The summed E-state index contributed by atoms with van der Waals surface area (Å²) >= 11 is 0. The first-order valence-corrected chi connectivity index (χ1v) is 15.5. The molecule has 2 aliphatic rings. The van der Waals surface area contributed by atoms with Gasteiger partial charge in [0, 0.05) is 38.1 Å². The first kappa shape index (κ1) is 30.7. The maximum atomic E-state index is 12.4. The highest BCUT2D eigenvalue weighted by molar-refractivity contribution is 5.84. The monoisotopic (exact) mass is 616 g/mol. The minimum atomic E-state index is -1.47. The number of anilines is 2. The minimum Gasteiger partial charge on any atom is -0.387 e. The van der Waals surface area contributed by atoms with E-state index in [0.717, 1.165) is 37.2 Å². The summed E-state index contributed by atoms with van der Waals surface area (Å²) in [4.78, 5) is 34.8. The van der Waals surface area contributed by atoms with Crippen LogP contribution in [0.2, 0.25) is 0 Å². The van der Waals surface area contributed by atoms with Crippen LogP contribution in [0.3, 0.4) is 0 Å². The van der Waals surface area contributed by atoms with Crippen molar-refractivity contribution in [1.29, 1.82) is 0 Å². The molecule has 13 heteroatoms. The third-order valence-corrected chi connectivity index (χ3v) is 8.34. The van der Waals surface area contributed by atoms with Crippen molar-refractivity contribution in [3.8, 4) is 0 Å². The summed E-state index contributed by atoms with van der Waals surface area (Å²) in [6, 6.07) is 20.7. The molecule has 6 rings (SSSR count). The van der Waals surface area contributed by atoms with Gasteiger partial charge in [-0.05, 0) is 31.0 Å². The number of hydrogen-bond acceptors (Lipinski definition) is 11. The van der Waals surface area contributed by atoms with Gasteiger partial charge in [-0.2, -0.15) is 9.97 Å². The van der Waals surface area contributed by atoms with Crippen LogP contribution in [0.25, 0.3) is 11.2 Å². The molecule has 2 aromatic heterocycles. The van der Waals surface area contributed by atoms with Gasteiger partial charge in [0.05, 0.1) is 0 Å². The quantitative estimate of drug-likeness (QED) is 0.157. The summed E-state index contributed by atoms with van der Waals surface area (Å²) in [6.45, 7) is 7.63. The average molecular weight is 617 g/mol. The lowest BCUT2D eigenvalue weighted by Crippen LogP contribution is -2.42. The number of amides is 1. The van der Waals surface area contributed by atoms with Crippen LogP contribution in [0.5, 0.6) is 0 Å². The van der Waals surface area contributed by atoms with Gasteiger partial charge in [-0.1, -0.05) is 67.6 Å². The number of carbonyl (C=O) groups excluding carboxylic acids is 1. The molecule has 238 valence electrons. The van der Waals surface area contributed by atoms with E-state index in [1.165, 1.54) is 11.1 Å². The topological polar surface area (TPSA) is 159 Å². The fourth-order valence-electron chi connectivity index (χ4n) is 5.90. The van der Waals surface area contributed by atoms with E-state index in [-0.39, 0.29) is 12.0 Å². The van der Waals surface area contributed by atoms with Crippen molar-refractivity contribution in [3.05, 3.63) is 78.1 Å². The summed E-state index contributed by atoms with van der Waals surface area (Å²) in [6.07, 6.45) is -3.17. The van der Waals surface area contributed by atoms with Gasteiger partial charge in [-0.3, -0.25) is 4.79 Å². The van der Waals surface area contributed by atoms with Gasteiger partial charge in [-0.25, -0.2) is 4.98 Å². The van der Waals surface area contributed by atoms with Crippen molar-refractivity contribution in [3.63, 3.8) is 0 Å². The number of imidazole rings is 1. The summed E-state index contributed by atoms with van der Waals surface area (Å²) < 4.78 is 6.91. The largest absolute Gasteiger partial charge is 0.387 e. The number of rotatable bonds is 12. The Hall–Kier alpha value is -4.30. The second-order valence-corrected chi connectivity index (χ2v) is 11.3. The molecule has 1 amide bonds. The molecular weight excluding hydrogens is 576 g/mol.